The number of fused-ring (bicyclic) bond motifs is 1. The van der Waals surface area contributed by atoms with E-state index in [2.05, 4.69) is 34.9 Å². The van der Waals surface area contributed by atoms with Crippen LogP contribution in [0.2, 0.25) is 0 Å². The average molecular weight is 370 g/mol. The normalized spacial score (nSPS) is 11.2. The molecule has 0 saturated heterocycles. The molecule has 28 heavy (non-hydrogen) atoms. The highest BCUT2D eigenvalue weighted by molar-refractivity contribution is 5.76. The third-order valence-electron chi connectivity index (χ3n) is 4.56. The van der Waals surface area contributed by atoms with Gasteiger partial charge < -0.3 is 14.0 Å². The van der Waals surface area contributed by atoms with E-state index < -0.39 is 0 Å². The molecular formula is C24H22N2O2. The molecule has 0 saturated carbocycles. The van der Waals surface area contributed by atoms with Crippen molar-refractivity contribution in [3.63, 3.8) is 0 Å². The molecule has 0 fully saturated rings. The first-order chi connectivity index (χ1) is 13.8. The van der Waals surface area contributed by atoms with E-state index in [9.17, 15) is 0 Å². The van der Waals surface area contributed by atoms with Gasteiger partial charge >= 0.3 is 0 Å². The molecule has 0 unspecified atom stereocenters. The summed E-state index contributed by atoms with van der Waals surface area (Å²) in [6.45, 7) is 1.09. The first kappa shape index (κ1) is 17.9. The van der Waals surface area contributed by atoms with Gasteiger partial charge in [0.05, 0.1) is 18.1 Å². The van der Waals surface area contributed by atoms with Crippen molar-refractivity contribution < 1.29 is 9.47 Å². The lowest BCUT2D eigenvalue weighted by molar-refractivity contribution is 0.273. The van der Waals surface area contributed by atoms with Crippen LogP contribution < -0.4 is 9.47 Å². The summed E-state index contributed by atoms with van der Waals surface area (Å²) in [5.41, 5.74) is 3.24. The van der Waals surface area contributed by atoms with Crippen LogP contribution in [0.25, 0.3) is 17.1 Å². The van der Waals surface area contributed by atoms with Gasteiger partial charge in [-0.05, 0) is 29.8 Å². The standard InChI is InChI=1S/C24H22N2O2/c1-27-22-15-7-8-16-23(22)28-18-24-25-20-13-5-6-14-21(20)26(24)17-9-12-19-10-3-2-4-11-19/h2-16H,17-18H2,1H3/b12-9+. The third kappa shape index (κ3) is 3.91. The Balaban J connectivity index is 1.59. The fourth-order valence-corrected chi connectivity index (χ4v) is 3.18. The maximum absolute atomic E-state index is 6.02. The Morgan fingerprint density at radius 3 is 2.39 bits per heavy atom. The van der Waals surface area contributed by atoms with Gasteiger partial charge in [0.25, 0.3) is 0 Å². The summed E-state index contributed by atoms with van der Waals surface area (Å²) in [4.78, 5) is 4.77. The molecule has 4 rings (SSSR count). The molecular weight excluding hydrogens is 348 g/mol. The van der Waals surface area contributed by atoms with Gasteiger partial charge in [0, 0.05) is 6.54 Å². The lowest BCUT2D eigenvalue weighted by Gasteiger charge is -2.11. The zero-order chi connectivity index (χ0) is 19.2. The molecule has 4 nitrogen and oxygen atoms in total. The summed E-state index contributed by atoms with van der Waals surface area (Å²) in [7, 11) is 1.64. The Morgan fingerprint density at radius 1 is 0.857 bits per heavy atom. The van der Waals surface area contributed by atoms with Crippen molar-refractivity contribution >= 4 is 17.1 Å². The van der Waals surface area contributed by atoms with Crippen molar-refractivity contribution in [2.24, 2.45) is 0 Å². The number of hydrogen-bond donors (Lipinski definition) is 0. The molecule has 140 valence electrons. The number of ether oxygens (including phenoxy) is 2. The number of benzene rings is 3. The molecule has 1 heterocycles. The lowest BCUT2D eigenvalue weighted by atomic mass is 10.2. The first-order valence-corrected chi connectivity index (χ1v) is 9.27. The molecule has 3 aromatic carbocycles. The number of methoxy groups -OCH3 is 1. The van der Waals surface area contributed by atoms with Gasteiger partial charge in [-0.15, -0.1) is 0 Å². The largest absolute Gasteiger partial charge is 0.493 e. The molecule has 0 atom stereocenters. The number of imidazole rings is 1. The van der Waals surface area contributed by atoms with E-state index in [0.29, 0.717) is 18.1 Å². The minimum absolute atomic E-state index is 0.369. The van der Waals surface area contributed by atoms with Gasteiger partial charge in [-0.1, -0.05) is 66.7 Å². The van der Waals surface area contributed by atoms with Crippen LogP contribution in [0.4, 0.5) is 0 Å². The van der Waals surface area contributed by atoms with Crippen LogP contribution in [0.1, 0.15) is 11.4 Å². The summed E-state index contributed by atoms with van der Waals surface area (Å²) < 4.78 is 13.6. The summed E-state index contributed by atoms with van der Waals surface area (Å²) in [5, 5.41) is 0. The predicted molar refractivity (Wildman–Crippen MR) is 113 cm³/mol. The van der Waals surface area contributed by atoms with Crippen molar-refractivity contribution in [1.29, 1.82) is 0 Å². The highest BCUT2D eigenvalue weighted by Crippen LogP contribution is 2.27. The number of hydrogen-bond acceptors (Lipinski definition) is 3. The Bertz CT molecular complexity index is 1080. The molecule has 0 spiro atoms. The Hall–Kier alpha value is -3.53. The number of allylic oxidation sites excluding steroid dienone is 1. The molecule has 0 N–H and O–H groups in total. The zero-order valence-corrected chi connectivity index (χ0v) is 15.8. The van der Waals surface area contributed by atoms with E-state index in [-0.39, 0.29) is 0 Å². The Kier molecular flexibility index (Phi) is 5.38. The predicted octanol–water partition coefficient (Wildman–Crippen LogP) is 5.34. The first-order valence-electron chi connectivity index (χ1n) is 9.27. The number of para-hydroxylation sites is 4. The van der Waals surface area contributed by atoms with E-state index in [1.165, 1.54) is 5.56 Å². The van der Waals surface area contributed by atoms with E-state index >= 15 is 0 Å². The topological polar surface area (TPSA) is 36.3 Å². The van der Waals surface area contributed by atoms with Gasteiger partial charge in [-0.2, -0.15) is 0 Å². The molecule has 0 aliphatic heterocycles. The second-order valence-corrected chi connectivity index (χ2v) is 6.38. The average Bonchev–Trinajstić information content (AvgIpc) is 3.11. The van der Waals surface area contributed by atoms with Crippen LogP contribution in [0.5, 0.6) is 11.5 Å². The summed E-state index contributed by atoms with van der Waals surface area (Å²) in [5.74, 6) is 2.31. The van der Waals surface area contributed by atoms with Crippen molar-refractivity contribution in [2.45, 2.75) is 13.2 Å². The molecule has 0 aliphatic rings. The van der Waals surface area contributed by atoms with Gasteiger partial charge in [0.2, 0.25) is 0 Å². The fraction of sp³-hybridized carbons (Fsp3) is 0.125. The lowest BCUT2D eigenvalue weighted by Crippen LogP contribution is -2.07. The van der Waals surface area contributed by atoms with Gasteiger partial charge in [-0.3, -0.25) is 0 Å². The van der Waals surface area contributed by atoms with E-state index in [4.69, 9.17) is 14.5 Å². The monoisotopic (exact) mass is 370 g/mol. The van der Waals surface area contributed by atoms with E-state index in [1.54, 1.807) is 7.11 Å². The minimum atomic E-state index is 0.369. The highest BCUT2D eigenvalue weighted by atomic mass is 16.5. The van der Waals surface area contributed by atoms with Crippen molar-refractivity contribution in [3.05, 3.63) is 96.3 Å². The van der Waals surface area contributed by atoms with Gasteiger partial charge in [0.1, 0.15) is 12.4 Å². The Morgan fingerprint density at radius 2 is 1.57 bits per heavy atom. The van der Waals surface area contributed by atoms with Crippen LogP contribution in [0.3, 0.4) is 0 Å². The fourth-order valence-electron chi connectivity index (χ4n) is 3.18. The SMILES string of the molecule is COc1ccccc1OCc1nc2ccccc2n1C/C=C/c1ccccc1. The van der Waals surface area contributed by atoms with Crippen LogP contribution in [-0.2, 0) is 13.2 Å². The van der Waals surface area contributed by atoms with Gasteiger partial charge in [0.15, 0.2) is 11.5 Å². The minimum Gasteiger partial charge on any atom is -0.493 e. The number of rotatable bonds is 7. The van der Waals surface area contributed by atoms with E-state index in [1.807, 2.05) is 60.7 Å². The molecule has 0 amide bonds. The number of nitrogens with zero attached hydrogens (tertiary/aromatic N) is 2. The van der Waals surface area contributed by atoms with Crippen molar-refractivity contribution in [3.8, 4) is 11.5 Å². The van der Waals surface area contributed by atoms with Gasteiger partial charge in [-0.25, -0.2) is 4.98 Å². The molecule has 4 aromatic rings. The summed E-state index contributed by atoms with van der Waals surface area (Å²) in [6.07, 6.45) is 4.27. The van der Waals surface area contributed by atoms with Crippen LogP contribution in [0.15, 0.2) is 84.9 Å². The summed E-state index contributed by atoms with van der Waals surface area (Å²) >= 11 is 0. The van der Waals surface area contributed by atoms with E-state index in [0.717, 1.165) is 23.4 Å². The molecule has 1 aromatic heterocycles. The second kappa shape index (κ2) is 8.44. The zero-order valence-electron chi connectivity index (χ0n) is 15.8. The maximum Gasteiger partial charge on any atom is 0.161 e. The molecule has 4 heteroatoms. The van der Waals surface area contributed by atoms with Crippen LogP contribution in [0, 0.1) is 0 Å². The van der Waals surface area contributed by atoms with Crippen molar-refractivity contribution in [2.75, 3.05) is 7.11 Å². The highest BCUT2D eigenvalue weighted by Gasteiger charge is 2.11. The van der Waals surface area contributed by atoms with Crippen molar-refractivity contribution in [1.82, 2.24) is 9.55 Å². The summed E-state index contributed by atoms with van der Waals surface area (Å²) in [6, 6.07) is 26.1. The molecule has 0 radical (unpaired) electrons. The Labute approximate surface area is 164 Å². The number of aromatic nitrogens is 2. The molecule has 0 aliphatic carbocycles. The maximum atomic E-state index is 6.02. The smallest absolute Gasteiger partial charge is 0.161 e. The quantitative estimate of drug-likeness (QED) is 0.441. The molecule has 0 bridgehead atoms. The van der Waals surface area contributed by atoms with Crippen LogP contribution in [-0.4, -0.2) is 16.7 Å². The third-order valence-corrected chi connectivity index (χ3v) is 4.56. The van der Waals surface area contributed by atoms with Crippen LogP contribution >= 0.6 is 0 Å². The second-order valence-electron chi connectivity index (χ2n) is 6.38.